The topological polar surface area (TPSA) is 66.4 Å². The second-order valence-electron chi connectivity index (χ2n) is 2.97. The number of sulfonamides is 1. The van der Waals surface area contributed by atoms with Crippen molar-refractivity contribution < 1.29 is 13.5 Å². The van der Waals surface area contributed by atoms with Gasteiger partial charge in [0.15, 0.2) is 0 Å². The SMILES string of the molecule is CCC(O)CNS(=O)(=O)c1sccc1Br. The molecular weight excluding hydrogens is 302 g/mol. The number of nitrogens with one attached hydrogen (secondary N) is 1. The molecule has 4 nitrogen and oxygen atoms in total. The summed E-state index contributed by atoms with van der Waals surface area (Å²) in [5.41, 5.74) is 0. The maximum Gasteiger partial charge on any atom is 0.251 e. The van der Waals surface area contributed by atoms with Crippen LogP contribution in [0.1, 0.15) is 13.3 Å². The summed E-state index contributed by atoms with van der Waals surface area (Å²) in [5.74, 6) is 0. The van der Waals surface area contributed by atoms with Gasteiger partial charge in [-0.1, -0.05) is 6.92 Å². The Bertz CT molecular complexity index is 415. The van der Waals surface area contributed by atoms with E-state index in [1.54, 1.807) is 18.4 Å². The van der Waals surface area contributed by atoms with Gasteiger partial charge in [-0.25, -0.2) is 13.1 Å². The van der Waals surface area contributed by atoms with Crippen molar-refractivity contribution in [3.63, 3.8) is 0 Å². The van der Waals surface area contributed by atoms with E-state index in [1.807, 2.05) is 0 Å². The molecule has 0 aliphatic rings. The highest BCUT2D eigenvalue weighted by molar-refractivity contribution is 9.10. The molecule has 0 saturated heterocycles. The molecule has 86 valence electrons. The first-order valence-electron chi connectivity index (χ1n) is 4.38. The molecule has 0 fully saturated rings. The summed E-state index contributed by atoms with van der Waals surface area (Å²) >= 11 is 4.29. The molecule has 7 heteroatoms. The van der Waals surface area contributed by atoms with Crippen LogP contribution in [0.3, 0.4) is 0 Å². The molecule has 0 saturated carbocycles. The van der Waals surface area contributed by atoms with Gasteiger partial charge in [0, 0.05) is 11.0 Å². The number of aliphatic hydroxyl groups is 1. The summed E-state index contributed by atoms with van der Waals surface area (Å²) in [5, 5.41) is 10.9. The molecule has 2 N–H and O–H groups in total. The van der Waals surface area contributed by atoms with Gasteiger partial charge < -0.3 is 5.11 Å². The summed E-state index contributed by atoms with van der Waals surface area (Å²) in [6.45, 7) is 1.84. The maximum atomic E-state index is 11.7. The van der Waals surface area contributed by atoms with Crippen LogP contribution in [0.4, 0.5) is 0 Å². The summed E-state index contributed by atoms with van der Waals surface area (Å²) in [7, 11) is -3.49. The zero-order valence-corrected chi connectivity index (χ0v) is 11.3. The van der Waals surface area contributed by atoms with Crippen molar-refractivity contribution in [1.29, 1.82) is 0 Å². The molecule has 0 bridgehead atoms. The minimum atomic E-state index is -3.49. The van der Waals surface area contributed by atoms with Gasteiger partial charge in [-0.2, -0.15) is 0 Å². The summed E-state index contributed by atoms with van der Waals surface area (Å²) in [6, 6.07) is 1.68. The van der Waals surface area contributed by atoms with Crippen molar-refractivity contribution in [1.82, 2.24) is 4.72 Å². The van der Waals surface area contributed by atoms with Gasteiger partial charge in [0.25, 0.3) is 10.0 Å². The molecule has 0 aromatic carbocycles. The number of hydrogen-bond donors (Lipinski definition) is 2. The Kier molecular flexibility index (Phi) is 4.72. The normalized spacial score (nSPS) is 14.1. The molecule has 0 aliphatic heterocycles. The van der Waals surface area contributed by atoms with Gasteiger partial charge in [-0.15, -0.1) is 11.3 Å². The highest BCUT2D eigenvalue weighted by Gasteiger charge is 2.19. The molecule has 15 heavy (non-hydrogen) atoms. The lowest BCUT2D eigenvalue weighted by molar-refractivity contribution is 0.174. The minimum Gasteiger partial charge on any atom is -0.392 e. The van der Waals surface area contributed by atoms with Crippen LogP contribution in [-0.2, 0) is 10.0 Å². The van der Waals surface area contributed by atoms with Gasteiger partial charge in [-0.05, 0) is 33.8 Å². The largest absolute Gasteiger partial charge is 0.392 e. The Morgan fingerprint density at radius 3 is 2.80 bits per heavy atom. The van der Waals surface area contributed by atoms with E-state index in [0.29, 0.717) is 10.9 Å². The minimum absolute atomic E-state index is 0.0448. The molecule has 0 aliphatic carbocycles. The predicted molar refractivity (Wildman–Crippen MR) is 63.5 cm³/mol. The fraction of sp³-hybridized carbons (Fsp3) is 0.500. The van der Waals surface area contributed by atoms with Crippen molar-refractivity contribution >= 4 is 37.3 Å². The Hall–Kier alpha value is 0.0500. The van der Waals surface area contributed by atoms with Gasteiger partial charge in [0.05, 0.1) is 6.10 Å². The van der Waals surface area contributed by atoms with Crippen LogP contribution in [0, 0.1) is 0 Å². The van der Waals surface area contributed by atoms with Crippen LogP contribution in [-0.4, -0.2) is 26.2 Å². The first-order chi connectivity index (χ1) is 6.97. The van der Waals surface area contributed by atoms with Gasteiger partial charge in [0.1, 0.15) is 4.21 Å². The molecule has 1 heterocycles. The fourth-order valence-electron chi connectivity index (χ4n) is 0.887. The maximum absolute atomic E-state index is 11.7. The van der Waals surface area contributed by atoms with Crippen molar-refractivity contribution in [3.8, 4) is 0 Å². The van der Waals surface area contributed by atoms with Crippen molar-refractivity contribution in [2.24, 2.45) is 0 Å². The van der Waals surface area contributed by atoms with E-state index in [0.717, 1.165) is 11.3 Å². The molecule has 1 unspecified atom stereocenters. The third-order valence-electron chi connectivity index (χ3n) is 1.81. The number of halogens is 1. The van der Waals surface area contributed by atoms with Crippen molar-refractivity contribution in [3.05, 3.63) is 15.9 Å². The predicted octanol–water partition coefficient (Wildman–Crippen LogP) is 1.56. The van der Waals surface area contributed by atoms with E-state index in [4.69, 9.17) is 0 Å². The van der Waals surface area contributed by atoms with Crippen LogP contribution < -0.4 is 4.72 Å². The van der Waals surface area contributed by atoms with E-state index in [1.165, 1.54) is 0 Å². The average Bonchev–Trinajstić information content (AvgIpc) is 2.61. The van der Waals surface area contributed by atoms with Crippen molar-refractivity contribution in [2.45, 2.75) is 23.7 Å². The number of aliphatic hydroxyl groups excluding tert-OH is 1. The lowest BCUT2D eigenvalue weighted by Gasteiger charge is -2.09. The quantitative estimate of drug-likeness (QED) is 0.867. The molecule has 0 amide bonds. The Balaban J connectivity index is 2.73. The van der Waals surface area contributed by atoms with Crippen LogP contribution in [0.15, 0.2) is 20.1 Å². The van der Waals surface area contributed by atoms with Gasteiger partial charge >= 0.3 is 0 Å². The Morgan fingerprint density at radius 2 is 2.33 bits per heavy atom. The lowest BCUT2D eigenvalue weighted by Crippen LogP contribution is -2.31. The zero-order chi connectivity index (χ0) is 11.5. The number of rotatable bonds is 5. The highest BCUT2D eigenvalue weighted by Crippen LogP contribution is 2.27. The first kappa shape index (κ1) is 13.1. The third-order valence-corrected chi connectivity index (χ3v) is 5.90. The van der Waals surface area contributed by atoms with Crippen LogP contribution in [0.5, 0.6) is 0 Å². The van der Waals surface area contributed by atoms with E-state index < -0.39 is 16.1 Å². The molecule has 1 aromatic rings. The van der Waals surface area contributed by atoms with Gasteiger partial charge in [-0.3, -0.25) is 0 Å². The zero-order valence-electron chi connectivity index (χ0n) is 8.10. The van der Waals surface area contributed by atoms with Crippen LogP contribution in [0.25, 0.3) is 0 Å². The Labute approximate surface area is 102 Å². The second-order valence-corrected chi connectivity index (χ2v) is 6.70. The second kappa shape index (κ2) is 5.40. The molecule has 0 spiro atoms. The van der Waals surface area contributed by atoms with Gasteiger partial charge in [0.2, 0.25) is 0 Å². The first-order valence-corrected chi connectivity index (χ1v) is 7.53. The highest BCUT2D eigenvalue weighted by atomic mass is 79.9. The van der Waals surface area contributed by atoms with E-state index in [2.05, 4.69) is 20.7 Å². The molecule has 0 radical (unpaired) electrons. The molecular formula is C8H12BrNO3S2. The Morgan fingerprint density at radius 1 is 1.67 bits per heavy atom. The van der Waals surface area contributed by atoms with E-state index in [-0.39, 0.29) is 10.8 Å². The van der Waals surface area contributed by atoms with Crippen LogP contribution in [0.2, 0.25) is 0 Å². The standard InChI is InChI=1S/C8H12BrNO3S2/c1-2-6(11)5-10-15(12,13)8-7(9)3-4-14-8/h3-4,6,10-11H,2,5H2,1H3. The van der Waals surface area contributed by atoms with E-state index in [9.17, 15) is 13.5 Å². The van der Waals surface area contributed by atoms with E-state index >= 15 is 0 Å². The fourth-order valence-corrected chi connectivity index (χ4v) is 4.34. The van der Waals surface area contributed by atoms with Crippen LogP contribution >= 0.6 is 27.3 Å². The monoisotopic (exact) mass is 313 g/mol. The number of hydrogen-bond acceptors (Lipinski definition) is 4. The third kappa shape index (κ3) is 3.53. The lowest BCUT2D eigenvalue weighted by atomic mass is 10.3. The summed E-state index contributed by atoms with van der Waals surface area (Å²) in [4.78, 5) is 0. The average molecular weight is 314 g/mol. The summed E-state index contributed by atoms with van der Waals surface area (Å²) < 4.78 is 26.5. The molecule has 1 atom stereocenters. The summed E-state index contributed by atoms with van der Waals surface area (Å²) in [6.07, 6.45) is -0.118. The molecule has 1 aromatic heterocycles. The smallest absolute Gasteiger partial charge is 0.251 e. The van der Waals surface area contributed by atoms with Crippen molar-refractivity contribution in [2.75, 3.05) is 6.54 Å². The number of thiophene rings is 1. The molecule has 1 rings (SSSR count).